The minimum Gasteiger partial charge on any atom is -0.497 e. The second kappa shape index (κ2) is 6.05. The zero-order chi connectivity index (χ0) is 14.7. The summed E-state index contributed by atoms with van der Waals surface area (Å²) in [7, 11) is 5.08. The minimum atomic E-state index is 0.592. The topological polar surface area (TPSA) is 48.3 Å². The summed E-state index contributed by atoms with van der Waals surface area (Å²) in [5, 5.41) is 8.24. The van der Waals surface area contributed by atoms with E-state index in [1.54, 1.807) is 18.9 Å². The van der Waals surface area contributed by atoms with Gasteiger partial charge in [0.05, 0.1) is 19.9 Å². The number of aromatic nitrogens is 2. The second-order valence-corrected chi connectivity index (χ2v) is 4.79. The van der Waals surface area contributed by atoms with Crippen LogP contribution in [0.5, 0.6) is 11.5 Å². The van der Waals surface area contributed by atoms with Gasteiger partial charge < -0.3 is 14.8 Å². The lowest BCUT2D eigenvalue weighted by Gasteiger charge is -2.10. The van der Waals surface area contributed by atoms with Crippen LogP contribution in [0.2, 0.25) is 5.15 Å². The molecule has 5 nitrogen and oxygen atoms in total. The van der Waals surface area contributed by atoms with E-state index in [9.17, 15) is 0 Å². The number of hydrogen-bond acceptors (Lipinski definition) is 4. The van der Waals surface area contributed by atoms with Gasteiger partial charge in [0.1, 0.15) is 16.7 Å². The lowest BCUT2D eigenvalue weighted by atomic mass is 10.2. The second-order valence-electron chi connectivity index (χ2n) is 4.43. The van der Waals surface area contributed by atoms with Gasteiger partial charge in [-0.25, -0.2) is 0 Å². The molecule has 0 aliphatic rings. The Morgan fingerprint density at radius 3 is 2.25 bits per heavy atom. The summed E-state index contributed by atoms with van der Waals surface area (Å²) in [4.78, 5) is 0. The van der Waals surface area contributed by atoms with Crippen LogP contribution in [0, 0.1) is 6.92 Å². The summed E-state index contributed by atoms with van der Waals surface area (Å²) in [5.41, 5.74) is 2.80. The number of rotatable bonds is 5. The van der Waals surface area contributed by atoms with Crippen LogP contribution in [-0.4, -0.2) is 24.0 Å². The molecule has 1 aromatic carbocycles. The largest absolute Gasteiger partial charge is 0.497 e. The third-order valence-electron chi connectivity index (χ3n) is 3.09. The highest BCUT2D eigenvalue weighted by atomic mass is 35.5. The first-order valence-electron chi connectivity index (χ1n) is 6.20. The first-order chi connectivity index (χ1) is 9.55. The van der Waals surface area contributed by atoms with E-state index in [0.29, 0.717) is 11.7 Å². The van der Waals surface area contributed by atoms with E-state index in [-0.39, 0.29) is 0 Å². The number of aryl methyl sites for hydroxylation is 2. The molecule has 0 amide bonds. The van der Waals surface area contributed by atoms with Gasteiger partial charge in [-0.1, -0.05) is 11.6 Å². The minimum absolute atomic E-state index is 0.592. The third-order valence-corrected chi connectivity index (χ3v) is 3.56. The van der Waals surface area contributed by atoms with Gasteiger partial charge in [-0.15, -0.1) is 0 Å². The van der Waals surface area contributed by atoms with Gasteiger partial charge in [0, 0.05) is 43.0 Å². The summed E-state index contributed by atoms with van der Waals surface area (Å²) in [6.45, 7) is 2.53. The summed E-state index contributed by atoms with van der Waals surface area (Å²) in [5.74, 6) is 1.47. The maximum absolute atomic E-state index is 6.21. The first kappa shape index (κ1) is 14.5. The number of methoxy groups -OCH3 is 2. The normalized spacial score (nSPS) is 10.4. The molecule has 0 fully saturated rings. The Morgan fingerprint density at radius 2 is 1.80 bits per heavy atom. The Bertz CT molecular complexity index is 588. The van der Waals surface area contributed by atoms with Crippen LogP contribution in [-0.2, 0) is 13.6 Å². The zero-order valence-electron chi connectivity index (χ0n) is 12.0. The van der Waals surface area contributed by atoms with Crippen LogP contribution in [0.1, 0.15) is 11.3 Å². The molecule has 0 radical (unpaired) electrons. The van der Waals surface area contributed by atoms with Gasteiger partial charge in [-0.2, -0.15) is 5.10 Å². The maximum atomic E-state index is 6.21. The van der Waals surface area contributed by atoms with Gasteiger partial charge in [0.15, 0.2) is 0 Å². The fourth-order valence-corrected chi connectivity index (χ4v) is 2.22. The number of ether oxygens (including phenoxy) is 2. The average molecular weight is 296 g/mol. The highest BCUT2D eigenvalue weighted by Crippen LogP contribution is 2.27. The monoisotopic (exact) mass is 295 g/mol. The first-order valence-corrected chi connectivity index (χ1v) is 6.58. The van der Waals surface area contributed by atoms with Crippen LogP contribution >= 0.6 is 11.6 Å². The number of nitrogens with one attached hydrogen (secondary N) is 1. The predicted octanol–water partition coefficient (Wildman–Crippen LogP) is 3.01. The lowest BCUT2D eigenvalue weighted by molar-refractivity contribution is 0.394. The van der Waals surface area contributed by atoms with Gasteiger partial charge in [0.25, 0.3) is 0 Å². The van der Waals surface area contributed by atoms with Crippen LogP contribution < -0.4 is 14.8 Å². The summed E-state index contributed by atoms with van der Waals surface area (Å²) >= 11 is 6.21. The number of hydrogen-bond donors (Lipinski definition) is 1. The molecule has 2 aromatic rings. The Hall–Kier alpha value is -1.88. The van der Waals surface area contributed by atoms with Crippen molar-refractivity contribution in [2.24, 2.45) is 7.05 Å². The number of anilines is 1. The molecule has 108 valence electrons. The molecule has 0 aliphatic heterocycles. The van der Waals surface area contributed by atoms with Gasteiger partial charge >= 0.3 is 0 Å². The maximum Gasteiger partial charge on any atom is 0.131 e. The molecule has 1 aromatic heterocycles. The van der Waals surface area contributed by atoms with Crippen molar-refractivity contribution in [1.29, 1.82) is 0 Å². The molecule has 0 unspecified atom stereocenters. The number of nitrogens with zero attached hydrogens (tertiary/aromatic N) is 2. The molecule has 20 heavy (non-hydrogen) atoms. The van der Waals surface area contributed by atoms with Crippen molar-refractivity contribution in [3.63, 3.8) is 0 Å². The molecule has 0 saturated heterocycles. The molecule has 2 rings (SSSR count). The van der Waals surface area contributed by atoms with Crippen molar-refractivity contribution >= 4 is 17.3 Å². The van der Waals surface area contributed by atoms with Crippen LogP contribution in [0.3, 0.4) is 0 Å². The Kier molecular flexibility index (Phi) is 4.39. The molecule has 1 N–H and O–H groups in total. The summed E-state index contributed by atoms with van der Waals surface area (Å²) in [6.07, 6.45) is 0. The van der Waals surface area contributed by atoms with Crippen LogP contribution in [0.25, 0.3) is 0 Å². The fourth-order valence-electron chi connectivity index (χ4n) is 1.97. The van der Waals surface area contributed by atoms with E-state index in [1.165, 1.54) is 0 Å². The molecule has 0 aliphatic carbocycles. The number of benzene rings is 1. The van der Waals surface area contributed by atoms with E-state index in [4.69, 9.17) is 21.1 Å². The molecular formula is C14H18ClN3O2. The third kappa shape index (κ3) is 2.99. The Balaban J connectivity index is 2.18. The highest BCUT2D eigenvalue weighted by molar-refractivity contribution is 6.30. The predicted molar refractivity (Wildman–Crippen MR) is 79.8 cm³/mol. The van der Waals surface area contributed by atoms with Gasteiger partial charge in [0.2, 0.25) is 0 Å². The molecule has 0 spiro atoms. The SMILES string of the molecule is COc1cc(NCc2c(C)nn(C)c2Cl)cc(OC)c1. The van der Waals surface area contributed by atoms with Crippen molar-refractivity contribution in [2.75, 3.05) is 19.5 Å². The molecule has 0 atom stereocenters. The van der Waals surface area contributed by atoms with E-state index >= 15 is 0 Å². The molecule has 1 heterocycles. The fraction of sp³-hybridized carbons (Fsp3) is 0.357. The van der Waals surface area contributed by atoms with Gasteiger partial charge in [-0.3, -0.25) is 4.68 Å². The Labute approximate surface area is 123 Å². The molecule has 0 saturated carbocycles. The zero-order valence-corrected chi connectivity index (χ0v) is 12.8. The summed E-state index contributed by atoms with van der Waals surface area (Å²) < 4.78 is 12.1. The summed E-state index contributed by atoms with van der Waals surface area (Å²) in [6, 6.07) is 5.64. The van der Waals surface area contributed by atoms with Crippen molar-refractivity contribution in [1.82, 2.24) is 9.78 Å². The average Bonchev–Trinajstić information content (AvgIpc) is 2.69. The quantitative estimate of drug-likeness (QED) is 0.921. The van der Waals surface area contributed by atoms with Crippen LogP contribution in [0.15, 0.2) is 18.2 Å². The van der Waals surface area contributed by atoms with Crippen molar-refractivity contribution in [3.8, 4) is 11.5 Å². The van der Waals surface area contributed by atoms with E-state index < -0.39 is 0 Å². The molecule has 0 bridgehead atoms. The van der Waals surface area contributed by atoms with Crippen molar-refractivity contribution in [2.45, 2.75) is 13.5 Å². The van der Waals surface area contributed by atoms with Crippen molar-refractivity contribution < 1.29 is 9.47 Å². The van der Waals surface area contributed by atoms with E-state index in [1.807, 2.05) is 32.2 Å². The van der Waals surface area contributed by atoms with E-state index in [0.717, 1.165) is 28.4 Å². The Morgan fingerprint density at radius 1 is 1.20 bits per heavy atom. The molecular weight excluding hydrogens is 278 g/mol. The van der Waals surface area contributed by atoms with Crippen molar-refractivity contribution in [3.05, 3.63) is 34.6 Å². The molecule has 6 heteroatoms. The highest BCUT2D eigenvalue weighted by Gasteiger charge is 2.11. The number of halogens is 1. The van der Waals surface area contributed by atoms with Crippen LogP contribution in [0.4, 0.5) is 5.69 Å². The lowest BCUT2D eigenvalue weighted by Crippen LogP contribution is -2.01. The van der Waals surface area contributed by atoms with Gasteiger partial charge in [-0.05, 0) is 6.92 Å². The standard InChI is InChI=1S/C14H18ClN3O2/c1-9-13(14(15)18(2)17-9)8-16-10-5-11(19-3)7-12(6-10)20-4/h5-7,16H,8H2,1-4H3. The smallest absolute Gasteiger partial charge is 0.131 e. The van der Waals surface area contributed by atoms with E-state index in [2.05, 4.69) is 10.4 Å².